The molecule has 1 N–H and O–H groups in total. The van der Waals surface area contributed by atoms with Crippen molar-refractivity contribution in [2.45, 2.75) is 25.4 Å². The molecule has 1 aromatic carbocycles. The molecule has 3 heterocycles. The van der Waals surface area contributed by atoms with E-state index in [1.807, 2.05) is 43.4 Å². The van der Waals surface area contributed by atoms with Gasteiger partial charge in [0.25, 0.3) is 0 Å². The Morgan fingerprint density at radius 2 is 2.21 bits per heavy atom. The number of amides is 1. The first-order valence-corrected chi connectivity index (χ1v) is 8.22. The molecule has 4 rings (SSSR count). The summed E-state index contributed by atoms with van der Waals surface area (Å²) in [6.45, 7) is 1.26. The lowest BCUT2D eigenvalue weighted by atomic mass is 10.2. The van der Waals surface area contributed by atoms with Crippen LogP contribution in [0.25, 0.3) is 11.0 Å². The predicted molar refractivity (Wildman–Crippen MR) is 91.6 cm³/mol. The quantitative estimate of drug-likeness (QED) is 0.801. The van der Waals surface area contributed by atoms with Gasteiger partial charge in [-0.25, -0.2) is 4.98 Å². The van der Waals surface area contributed by atoms with Crippen molar-refractivity contribution in [1.82, 2.24) is 14.9 Å². The molecule has 124 valence electrons. The third kappa shape index (κ3) is 2.54. The molecule has 1 aliphatic rings. The first-order valence-electron chi connectivity index (χ1n) is 8.22. The summed E-state index contributed by atoms with van der Waals surface area (Å²) in [7, 11) is 2.00. The van der Waals surface area contributed by atoms with Gasteiger partial charge in [0.15, 0.2) is 0 Å². The molecule has 0 saturated carbocycles. The number of rotatable bonds is 4. The number of fused-ring (bicyclic) bond motifs is 1. The summed E-state index contributed by atoms with van der Waals surface area (Å²) in [5.41, 5.74) is 2.03. The van der Waals surface area contributed by atoms with Gasteiger partial charge in [0, 0.05) is 13.6 Å². The summed E-state index contributed by atoms with van der Waals surface area (Å²) in [5, 5.41) is 2.97. The van der Waals surface area contributed by atoms with Gasteiger partial charge in [0.2, 0.25) is 11.9 Å². The first kappa shape index (κ1) is 14.8. The normalized spacial score (nSPS) is 17.5. The van der Waals surface area contributed by atoms with Gasteiger partial charge in [-0.15, -0.1) is 0 Å². The van der Waals surface area contributed by atoms with E-state index < -0.39 is 0 Å². The van der Waals surface area contributed by atoms with E-state index in [0.29, 0.717) is 6.54 Å². The second-order valence-corrected chi connectivity index (χ2v) is 6.11. The molecular formula is C18H20N4O2. The van der Waals surface area contributed by atoms with Crippen LogP contribution >= 0.6 is 0 Å². The Morgan fingerprint density at radius 1 is 1.33 bits per heavy atom. The average Bonchev–Trinajstić information content (AvgIpc) is 3.33. The number of aromatic nitrogens is 2. The van der Waals surface area contributed by atoms with Crippen molar-refractivity contribution >= 4 is 22.9 Å². The summed E-state index contributed by atoms with van der Waals surface area (Å²) in [6, 6.07) is 11.5. The fourth-order valence-electron chi connectivity index (χ4n) is 3.37. The van der Waals surface area contributed by atoms with Gasteiger partial charge < -0.3 is 19.2 Å². The van der Waals surface area contributed by atoms with E-state index in [9.17, 15) is 4.79 Å². The Balaban J connectivity index is 1.55. The number of carbonyl (C=O) groups excluding carboxylic acids is 1. The highest BCUT2D eigenvalue weighted by Gasteiger charge is 2.33. The Hall–Kier alpha value is -2.76. The van der Waals surface area contributed by atoms with E-state index in [2.05, 4.69) is 14.8 Å². The Labute approximate surface area is 140 Å². The largest absolute Gasteiger partial charge is 0.467 e. The number of nitrogens with zero attached hydrogens (tertiary/aromatic N) is 3. The molecule has 0 unspecified atom stereocenters. The second kappa shape index (κ2) is 6.03. The van der Waals surface area contributed by atoms with Crippen LogP contribution in [0.1, 0.15) is 18.6 Å². The van der Waals surface area contributed by atoms with Crippen molar-refractivity contribution in [3.63, 3.8) is 0 Å². The first-order chi connectivity index (χ1) is 11.7. The molecule has 2 aromatic heterocycles. The lowest BCUT2D eigenvalue weighted by Gasteiger charge is -2.24. The highest BCUT2D eigenvalue weighted by Crippen LogP contribution is 2.27. The van der Waals surface area contributed by atoms with Crippen LogP contribution < -0.4 is 10.2 Å². The van der Waals surface area contributed by atoms with Crippen molar-refractivity contribution in [2.75, 3.05) is 11.4 Å². The van der Waals surface area contributed by atoms with Crippen LogP contribution in [0.5, 0.6) is 0 Å². The zero-order valence-electron chi connectivity index (χ0n) is 13.6. The molecule has 0 aliphatic carbocycles. The number of nitrogens with one attached hydrogen (secondary N) is 1. The van der Waals surface area contributed by atoms with Crippen LogP contribution in [0.4, 0.5) is 5.95 Å². The van der Waals surface area contributed by atoms with E-state index in [-0.39, 0.29) is 11.9 Å². The molecule has 1 fully saturated rings. The smallest absolute Gasteiger partial charge is 0.243 e. The second-order valence-electron chi connectivity index (χ2n) is 6.11. The summed E-state index contributed by atoms with van der Waals surface area (Å²) in [4.78, 5) is 19.5. The minimum Gasteiger partial charge on any atom is -0.467 e. The standard InChI is InChI=1S/C18H20N4O2/c1-21-15-8-3-2-7-14(15)20-18(21)22-10-4-9-16(22)17(23)19-12-13-6-5-11-24-13/h2-3,5-8,11,16H,4,9-10,12H2,1H3,(H,19,23)/t16-/m1/s1. The van der Waals surface area contributed by atoms with Crippen LogP contribution in [0.2, 0.25) is 0 Å². The van der Waals surface area contributed by atoms with Crippen LogP contribution in [-0.4, -0.2) is 28.0 Å². The molecule has 24 heavy (non-hydrogen) atoms. The number of carbonyl (C=O) groups is 1. The van der Waals surface area contributed by atoms with Gasteiger partial charge in [0.05, 0.1) is 23.8 Å². The van der Waals surface area contributed by atoms with E-state index in [0.717, 1.165) is 42.1 Å². The molecule has 0 radical (unpaired) electrons. The van der Waals surface area contributed by atoms with Crippen LogP contribution in [-0.2, 0) is 18.4 Å². The Kier molecular flexibility index (Phi) is 3.72. The number of hydrogen-bond acceptors (Lipinski definition) is 4. The number of benzene rings is 1. The molecule has 0 spiro atoms. The van der Waals surface area contributed by atoms with Crippen molar-refractivity contribution < 1.29 is 9.21 Å². The number of para-hydroxylation sites is 2. The highest BCUT2D eigenvalue weighted by molar-refractivity contribution is 5.86. The van der Waals surface area contributed by atoms with Crippen LogP contribution in [0.15, 0.2) is 47.1 Å². The maximum atomic E-state index is 12.6. The highest BCUT2D eigenvalue weighted by atomic mass is 16.3. The molecule has 0 bridgehead atoms. The van der Waals surface area contributed by atoms with Crippen LogP contribution in [0.3, 0.4) is 0 Å². The SMILES string of the molecule is Cn1c(N2CCC[C@@H]2C(=O)NCc2ccco2)nc2ccccc21. The van der Waals surface area contributed by atoms with Crippen molar-refractivity contribution in [3.8, 4) is 0 Å². The third-order valence-electron chi connectivity index (χ3n) is 4.59. The topological polar surface area (TPSA) is 63.3 Å². The zero-order valence-corrected chi connectivity index (χ0v) is 13.6. The van der Waals surface area contributed by atoms with Gasteiger partial charge in [0.1, 0.15) is 11.8 Å². The van der Waals surface area contributed by atoms with Crippen LogP contribution in [0, 0.1) is 0 Å². The number of aryl methyl sites for hydroxylation is 1. The summed E-state index contributed by atoms with van der Waals surface area (Å²) in [5.74, 6) is 1.64. The average molecular weight is 324 g/mol. The maximum absolute atomic E-state index is 12.6. The van der Waals surface area contributed by atoms with E-state index in [4.69, 9.17) is 9.40 Å². The van der Waals surface area contributed by atoms with E-state index in [1.165, 1.54) is 0 Å². The molecule has 6 nitrogen and oxygen atoms in total. The lowest BCUT2D eigenvalue weighted by Crippen LogP contribution is -2.44. The van der Waals surface area contributed by atoms with E-state index in [1.54, 1.807) is 6.26 Å². The van der Waals surface area contributed by atoms with Gasteiger partial charge >= 0.3 is 0 Å². The Bertz CT molecular complexity index is 853. The maximum Gasteiger partial charge on any atom is 0.243 e. The van der Waals surface area contributed by atoms with Gasteiger partial charge in [-0.05, 0) is 37.1 Å². The molecule has 6 heteroatoms. The summed E-state index contributed by atoms with van der Waals surface area (Å²) in [6.07, 6.45) is 3.44. The molecular weight excluding hydrogens is 304 g/mol. The lowest BCUT2D eigenvalue weighted by molar-refractivity contribution is -0.122. The minimum atomic E-state index is -0.185. The molecule has 3 aromatic rings. The van der Waals surface area contributed by atoms with E-state index >= 15 is 0 Å². The van der Waals surface area contributed by atoms with Crippen molar-refractivity contribution in [2.24, 2.45) is 7.05 Å². The van der Waals surface area contributed by atoms with Crippen molar-refractivity contribution in [3.05, 3.63) is 48.4 Å². The number of hydrogen-bond donors (Lipinski definition) is 1. The molecule has 1 saturated heterocycles. The minimum absolute atomic E-state index is 0.0240. The zero-order chi connectivity index (χ0) is 16.5. The van der Waals surface area contributed by atoms with Gasteiger partial charge in [-0.2, -0.15) is 0 Å². The van der Waals surface area contributed by atoms with Gasteiger partial charge in [-0.1, -0.05) is 12.1 Å². The number of imidazole rings is 1. The Morgan fingerprint density at radius 3 is 3.00 bits per heavy atom. The fraction of sp³-hybridized carbons (Fsp3) is 0.333. The number of anilines is 1. The fourth-order valence-corrected chi connectivity index (χ4v) is 3.37. The predicted octanol–water partition coefficient (Wildman–Crippen LogP) is 2.45. The monoisotopic (exact) mass is 324 g/mol. The van der Waals surface area contributed by atoms with Crippen molar-refractivity contribution in [1.29, 1.82) is 0 Å². The van der Waals surface area contributed by atoms with Gasteiger partial charge in [-0.3, -0.25) is 4.79 Å². The molecule has 1 aliphatic heterocycles. The molecule has 1 atom stereocenters. The third-order valence-corrected chi connectivity index (χ3v) is 4.59. The molecule has 1 amide bonds. The number of furan rings is 1. The summed E-state index contributed by atoms with van der Waals surface area (Å²) >= 11 is 0. The summed E-state index contributed by atoms with van der Waals surface area (Å²) < 4.78 is 7.34.